The normalized spacial score (nSPS) is 18.4. The van der Waals surface area contributed by atoms with Crippen LogP contribution in [0.15, 0.2) is 23.8 Å². The lowest BCUT2D eigenvalue weighted by atomic mass is 10.1. The molecule has 0 saturated carbocycles. The summed E-state index contributed by atoms with van der Waals surface area (Å²) >= 11 is 0. The minimum Gasteiger partial charge on any atom is -0.298 e. The van der Waals surface area contributed by atoms with Crippen molar-refractivity contribution in [2.75, 3.05) is 0 Å². The van der Waals surface area contributed by atoms with Crippen molar-refractivity contribution in [2.24, 2.45) is 0 Å². The third kappa shape index (κ3) is 1.84. The predicted octanol–water partition coefficient (Wildman–Crippen LogP) is 1.85. The molecule has 0 unspecified atom stereocenters. The number of hydrogen-bond donors (Lipinski definition) is 0. The summed E-state index contributed by atoms with van der Waals surface area (Å²) in [5, 5.41) is 0. The highest BCUT2D eigenvalue weighted by molar-refractivity contribution is 5.73. The molecule has 0 heterocycles. The van der Waals surface area contributed by atoms with Gasteiger partial charge in [0.2, 0.25) is 0 Å². The van der Waals surface area contributed by atoms with Gasteiger partial charge in [-0.3, -0.25) is 4.79 Å². The van der Waals surface area contributed by atoms with Crippen LogP contribution >= 0.6 is 0 Å². The van der Waals surface area contributed by atoms with Crippen molar-refractivity contribution in [1.29, 1.82) is 0 Å². The molecule has 1 heteroatoms. The molecule has 0 N–H and O–H groups in total. The summed E-state index contributed by atoms with van der Waals surface area (Å²) in [7, 11) is 0. The number of aldehydes is 1. The summed E-state index contributed by atoms with van der Waals surface area (Å²) in [4.78, 5) is 10.2. The van der Waals surface area contributed by atoms with Gasteiger partial charge in [-0.15, -0.1) is 0 Å². The first kappa shape index (κ1) is 6.27. The predicted molar refractivity (Wildman–Crippen MR) is 37.1 cm³/mol. The van der Waals surface area contributed by atoms with Gasteiger partial charge in [-0.25, -0.2) is 0 Å². The van der Waals surface area contributed by atoms with Crippen molar-refractivity contribution in [1.82, 2.24) is 0 Å². The molecular formula is C8H10O. The number of carbonyl (C=O) groups excluding carboxylic acids is 1. The molecule has 0 aromatic carbocycles. The molecular weight excluding hydrogens is 112 g/mol. The highest BCUT2D eigenvalue weighted by Gasteiger charge is 1.95. The van der Waals surface area contributed by atoms with Crippen molar-refractivity contribution < 1.29 is 4.79 Å². The minimum atomic E-state index is 0.920. The Hall–Kier alpha value is -0.850. The molecule has 1 rings (SSSR count). The van der Waals surface area contributed by atoms with Crippen molar-refractivity contribution in [3.63, 3.8) is 0 Å². The Morgan fingerprint density at radius 3 is 3.22 bits per heavy atom. The lowest BCUT2D eigenvalue weighted by Gasteiger charge is -1.90. The molecule has 0 aliphatic heterocycles. The van der Waals surface area contributed by atoms with Crippen LogP contribution in [0.4, 0.5) is 0 Å². The van der Waals surface area contributed by atoms with Gasteiger partial charge in [0.25, 0.3) is 0 Å². The molecule has 0 bridgehead atoms. The van der Waals surface area contributed by atoms with Crippen LogP contribution in [0.25, 0.3) is 0 Å². The quantitative estimate of drug-likeness (QED) is 0.485. The van der Waals surface area contributed by atoms with Gasteiger partial charge in [-0.05, 0) is 24.8 Å². The first-order chi connectivity index (χ1) is 4.43. The zero-order valence-electron chi connectivity index (χ0n) is 5.34. The Balaban J connectivity index is 2.59. The van der Waals surface area contributed by atoms with E-state index in [2.05, 4.69) is 6.08 Å². The smallest absolute Gasteiger partial charge is 0.146 e. The van der Waals surface area contributed by atoms with Crippen molar-refractivity contribution in [3.05, 3.63) is 23.8 Å². The first-order valence-electron chi connectivity index (χ1n) is 3.24. The zero-order valence-corrected chi connectivity index (χ0v) is 5.34. The van der Waals surface area contributed by atoms with Crippen molar-refractivity contribution in [3.8, 4) is 0 Å². The number of rotatable bonds is 1. The van der Waals surface area contributed by atoms with E-state index in [-0.39, 0.29) is 0 Å². The Kier molecular flexibility index (Phi) is 2.25. The molecule has 0 aromatic heterocycles. The van der Waals surface area contributed by atoms with E-state index in [0.717, 1.165) is 31.1 Å². The standard InChI is InChI=1S/C8H10O/c9-7-8-5-3-1-2-4-6-8/h1,3,5,7H,2,4,6H2. The second-order valence-corrected chi connectivity index (χ2v) is 2.18. The second-order valence-electron chi connectivity index (χ2n) is 2.18. The highest BCUT2D eigenvalue weighted by Crippen LogP contribution is 2.09. The average molecular weight is 122 g/mol. The molecule has 0 saturated heterocycles. The Labute approximate surface area is 55.1 Å². The van der Waals surface area contributed by atoms with Gasteiger partial charge in [0.05, 0.1) is 0 Å². The second kappa shape index (κ2) is 3.23. The fourth-order valence-corrected chi connectivity index (χ4v) is 0.893. The van der Waals surface area contributed by atoms with Gasteiger partial charge in [-0.2, -0.15) is 0 Å². The highest BCUT2D eigenvalue weighted by atomic mass is 16.1. The van der Waals surface area contributed by atoms with E-state index in [1.807, 2.05) is 12.2 Å². The SMILES string of the molecule is O=CC1=CC=CCCC1. The number of hydrogen-bond acceptors (Lipinski definition) is 1. The summed E-state index contributed by atoms with van der Waals surface area (Å²) < 4.78 is 0. The Morgan fingerprint density at radius 1 is 1.56 bits per heavy atom. The fourth-order valence-electron chi connectivity index (χ4n) is 0.893. The summed E-state index contributed by atoms with van der Waals surface area (Å²) in [5.41, 5.74) is 0.920. The van der Waals surface area contributed by atoms with E-state index in [9.17, 15) is 4.79 Å². The maximum Gasteiger partial charge on any atom is 0.146 e. The number of allylic oxidation sites excluding steroid dienone is 4. The fraction of sp³-hybridized carbons (Fsp3) is 0.375. The van der Waals surface area contributed by atoms with Gasteiger partial charge in [0, 0.05) is 0 Å². The molecule has 1 aliphatic carbocycles. The van der Waals surface area contributed by atoms with Crippen LogP contribution in [-0.2, 0) is 4.79 Å². The van der Waals surface area contributed by atoms with Crippen LogP contribution in [-0.4, -0.2) is 6.29 Å². The lowest BCUT2D eigenvalue weighted by molar-refractivity contribution is -0.105. The third-order valence-electron chi connectivity index (χ3n) is 1.43. The molecule has 48 valence electrons. The molecule has 0 aromatic rings. The van der Waals surface area contributed by atoms with E-state index in [1.54, 1.807) is 0 Å². The van der Waals surface area contributed by atoms with E-state index >= 15 is 0 Å². The third-order valence-corrected chi connectivity index (χ3v) is 1.43. The molecule has 0 radical (unpaired) electrons. The van der Waals surface area contributed by atoms with Gasteiger partial charge in [0.15, 0.2) is 0 Å². The van der Waals surface area contributed by atoms with Crippen LogP contribution in [0.3, 0.4) is 0 Å². The number of carbonyl (C=O) groups is 1. The van der Waals surface area contributed by atoms with Gasteiger partial charge in [0.1, 0.15) is 6.29 Å². The molecule has 1 aliphatic rings. The van der Waals surface area contributed by atoms with E-state index in [1.165, 1.54) is 0 Å². The van der Waals surface area contributed by atoms with E-state index in [4.69, 9.17) is 0 Å². The van der Waals surface area contributed by atoms with Gasteiger partial charge in [-0.1, -0.05) is 18.2 Å². The van der Waals surface area contributed by atoms with Crippen LogP contribution < -0.4 is 0 Å². The summed E-state index contributed by atoms with van der Waals surface area (Å²) in [6.45, 7) is 0. The largest absolute Gasteiger partial charge is 0.298 e. The maximum absolute atomic E-state index is 10.2. The van der Waals surface area contributed by atoms with Crippen LogP contribution in [0.2, 0.25) is 0 Å². The van der Waals surface area contributed by atoms with E-state index in [0.29, 0.717) is 0 Å². The maximum atomic E-state index is 10.2. The molecule has 0 atom stereocenters. The summed E-state index contributed by atoms with van der Waals surface area (Å²) in [6, 6.07) is 0. The van der Waals surface area contributed by atoms with Crippen LogP contribution in [0.5, 0.6) is 0 Å². The topological polar surface area (TPSA) is 17.1 Å². The van der Waals surface area contributed by atoms with Crippen molar-refractivity contribution >= 4 is 6.29 Å². The Morgan fingerprint density at radius 2 is 2.44 bits per heavy atom. The average Bonchev–Trinajstić information content (AvgIpc) is 2.13. The molecule has 0 fully saturated rings. The Bertz CT molecular complexity index is 154. The van der Waals surface area contributed by atoms with Gasteiger partial charge >= 0.3 is 0 Å². The molecule has 0 amide bonds. The minimum absolute atomic E-state index is 0.920. The molecule has 1 nitrogen and oxygen atoms in total. The zero-order chi connectivity index (χ0) is 6.53. The van der Waals surface area contributed by atoms with Gasteiger partial charge < -0.3 is 0 Å². The lowest BCUT2D eigenvalue weighted by Crippen LogP contribution is -1.81. The van der Waals surface area contributed by atoms with Crippen LogP contribution in [0.1, 0.15) is 19.3 Å². The molecule has 9 heavy (non-hydrogen) atoms. The first-order valence-corrected chi connectivity index (χ1v) is 3.24. The molecule has 0 spiro atoms. The van der Waals surface area contributed by atoms with Crippen molar-refractivity contribution in [2.45, 2.75) is 19.3 Å². The van der Waals surface area contributed by atoms with E-state index < -0.39 is 0 Å². The summed E-state index contributed by atoms with van der Waals surface area (Å²) in [5.74, 6) is 0. The monoisotopic (exact) mass is 122 g/mol. The van der Waals surface area contributed by atoms with Crippen LogP contribution in [0, 0.1) is 0 Å². The summed E-state index contributed by atoms with van der Waals surface area (Å²) in [6.07, 6.45) is 10.0.